The highest BCUT2D eigenvalue weighted by Gasteiger charge is 2.33. The maximum absolute atomic E-state index is 12.6. The number of alkyl halides is 1. The Morgan fingerprint density at radius 2 is 2.09 bits per heavy atom. The van der Waals surface area contributed by atoms with Gasteiger partial charge in [0.25, 0.3) is 5.91 Å². The summed E-state index contributed by atoms with van der Waals surface area (Å²) < 4.78 is 5.35. The number of carbonyl (C=O) groups is 3. The van der Waals surface area contributed by atoms with Gasteiger partial charge in [0.05, 0.1) is 34.1 Å². The van der Waals surface area contributed by atoms with E-state index in [1.54, 1.807) is 19.1 Å². The van der Waals surface area contributed by atoms with E-state index in [2.05, 4.69) is 15.5 Å². The Morgan fingerprint density at radius 3 is 2.79 bits per heavy atom. The number of hydrogen-bond acceptors (Lipinski definition) is 6. The Bertz CT molecular complexity index is 993. The van der Waals surface area contributed by atoms with Crippen molar-refractivity contribution in [1.29, 1.82) is 0 Å². The first-order chi connectivity index (χ1) is 15.9. The van der Waals surface area contributed by atoms with Crippen LogP contribution in [0.2, 0.25) is 0 Å². The molecule has 0 bridgehead atoms. The third-order valence-corrected chi connectivity index (χ3v) is 7.15. The molecular formula is C23H27ClN4O4S. The lowest BCUT2D eigenvalue weighted by Gasteiger charge is -2.23. The number of carbonyl (C=O) groups excluding carboxylic acids is 3. The third-order valence-electron chi connectivity index (χ3n) is 5.65. The molecule has 1 aromatic carbocycles. The van der Waals surface area contributed by atoms with Crippen molar-refractivity contribution < 1.29 is 19.1 Å². The number of cyclic esters (lactones) is 1. The number of allylic oxidation sites excluding steroid dienone is 2. The summed E-state index contributed by atoms with van der Waals surface area (Å²) in [6, 6.07) is 5.60. The normalized spacial score (nSPS) is 22.6. The van der Waals surface area contributed by atoms with E-state index < -0.39 is 12.2 Å². The van der Waals surface area contributed by atoms with E-state index in [-0.39, 0.29) is 23.1 Å². The van der Waals surface area contributed by atoms with E-state index in [4.69, 9.17) is 16.3 Å². The summed E-state index contributed by atoms with van der Waals surface area (Å²) in [6.45, 7) is 4.15. The standard InChI is InChI=1S/C23H27ClN4O4S/c1-2-5-21(29)26-17-12-15(6-7-18(17)27-10-3-4-11-27)28-14-16(32-23(28)31)13-25-22(30)19-8-9-20(24)33-19/h2,5-8,12,16,20H,3-4,9-11,13-14H2,1H3,(H,25,30)(H,26,29)/b5-2+. The van der Waals surface area contributed by atoms with E-state index in [1.165, 1.54) is 22.7 Å². The Labute approximate surface area is 202 Å². The quantitative estimate of drug-likeness (QED) is 0.446. The van der Waals surface area contributed by atoms with Crippen molar-refractivity contribution in [3.05, 3.63) is 41.3 Å². The molecule has 1 aromatic rings. The predicted molar refractivity (Wildman–Crippen MR) is 132 cm³/mol. The van der Waals surface area contributed by atoms with Crippen molar-refractivity contribution >= 4 is 58.3 Å². The maximum Gasteiger partial charge on any atom is 0.414 e. The third kappa shape index (κ3) is 5.65. The number of nitrogens with zero attached hydrogens (tertiary/aromatic N) is 2. The van der Waals surface area contributed by atoms with Crippen molar-refractivity contribution in [3.63, 3.8) is 0 Å². The molecule has 3 heterocycles. The first kappa shape index (κ1) is 23.5. The van der Waals surface area contributed by atoms with Gasteiger partial charge < -0.3 is 20.3 Å². The highest BCUT2D eigenvalue weighted by Crippen LogP contribution is 2.35. The zero-order valence-corrected chi connectivity index (χ0v) is 20.0. The molecule has 4 rings (SSSR count). The van der Waals surface area contributed by atoms with Gasteiger partial charge in [0.15, 0.2) is 0 Å². The van der Waals surface area contributed by atoms with E-state index in [0.717, 1.165) is 31.6 Å². The van der Waals surface area contributed by atoms with Crippen LogP contribution in [0.4, 0.5) is 21.9 Å². The van der Waals surface area contributed by atoms with Crippen LogP contribution in [0.3, 0.4) is 0 Å². The van der Waals surface area contributed by atoms with Gasteiger partial charge in [-0.3, -0.25) is 14.5 Å². The predicted octanol–water partition coefficient (Wildman–Crippen LogP) is 3.83. The molecule has 0 saturated carbocycles. The largest absolute Gasteiger partial charge is 0.442 e. The summed E-state index contributed by atoms with van der Waals surface area (Å²) in [5, 5.41) is 5.75. The Morgan fingerprint density at radius 1 is 1.30 bits per heavy atom. The number of ether oxygens (including phenoxy) is 1. The topological polar surface area (TPSA) is 91.0 Å². The lowest BCUT2D eigenvalue weighted by atomic mass is 10.2. The van der Waals surface area contributed by atoms with Gasteiger partial charge in [0.2, 0.25) is 5.91 Å². The van der Waals surface area contributed by atoms with E-state index in [1.807, 2.05) is 18.2 Å². The zero-order valence-electron chi connectivity index (χ0n) is 18.4. The highest BCUT2D eigenvalue weighted by atomic mass is 35.5. The van der Waals surface area contributed by atoms with Crippen LogP contribution in [0, 0.1) is 0 Å². The van der Waals surface area contributed by atoms with Gasteiger partial charge in [0.1, 0.15) is 6.10 Å². The smallest absolute Gasteiger partial charge is 0.414 e. The van der Waals surface area contributed by atoms with Crippen molar-refractivity contribution in [2.24, 2.45) is 0 Å². The monoisotopic (exact) mass is 490 g/mol. The van der Waals surface area contributed by atoms with Crippen LogP contribution in [0.25, 0.3) is 0 Å². The fraction of sp³-hybridized carbons (Fsp3) is 0.435. The summed E-state index contributed by atoms with van der Waals surface area (Å²) in [4.78, 5) is 41.4. The average Bonchev–Trinajstić information content (AvgIpc) is 3.54. The minimum Gasteiger partial charge on any atom is -0.442 e. The number of anilines is 3. The molecule has 0 radical (unpaired) electrons. The van der Waals surface area contributed by atoms with Gasteiger partial charge in [-0.25, -0.2) is 4.79 Å². The van der Waals surface area contributed by atoms with Crippen LogP contribution in [0.15, 0.2) is 41.3 Å². The number of rotatable bonds is 7. The summed E-state index contributed by atoms with van der Waals surface area (Å²) in [7, 11) is 0. The molecule has 2 N–H and O–H groups in total. The van der Waals surface area contributed by atoms with Crippen LogP contribution in [-0.4, -0.2) is 54.9 Å². The van der Waals surface area contributed by atoms with Crippen LogP contribution >= 0.6 is 23.4 Å². The number of hydrogen-bond donors (Lipinski definition) is 2. The lowest BCUT2D eigenvalue weighted by molar-refractivity contribution is -0.117. The molecule has 2 saturated heterocycles. The van der Waals surface area contributed by atoms with Crippen molar-refractivity contribution in [2.45, 2.75) is 37.0 Å². The molecule has 2 atom stereocenters. The molecule has 3 amide bonds. The van der Waals surface area contributed by atoms with Crippen LogP contribution < -0.4 is 20.4 Å². The highest BCUT2D eigenvalue weighted by molar-refractivity contribution is 8.05. The number of amides is 3. The van der Waals surface area contributed by atoms with E-state index >= 15 is 0 Å². The minimum atomic E-state index is -0.482. The number of thioether (sulfide) groups is 1. The van der Waals surface area contributed by atoms with Gasteiger partial charge in [-0.15, -0.1) is 23.4 Å². The lowest BCUT2D eigenvalue weighted by Crippen LogP contribution is -2.34. The van der Waals surface area contributed by atoms with Gasteiger partial charge >= 0.3 is 6.09 Å². The SMILES string of the molecule is C/C=C/C(=O)Nc1cc(N2CC(CNC(=O)C3=CCC(Cl)S3)OC2=O)ccc1N1CCCC1. The average molecular weight is 491 g/mol. The first-order valence-electron chi connectivity index (χ1n) is 11.0. The van der Waals surface area contributed by atoms with Crippen molar-refractivity contribution in [2.75, 3.05) is 41.3 Å². The minimum absolute atomic E-state index is 0.114. The van der Waals surface area contributed by atoms with Crippen molar-refractivity contribution in [3.8, 4) is 0 Å². The van der Waals surface area contributed by atoms with Crippen LogP contribution in [0.5, 0.6) is 0 Å². The molecule has 33 heavy (non-hydrogen) atoms. The Balaban J connectivity index is 1.44. The Hall–Kier alpha value is -2.65. The second-order valence-electron chi connectivity index (χ2n) is 8.04. The fourth-order valence-corrected chi connectivity index (χ4v) is 5.28. The van der Waals surface area contributed by atoms with Crippen molar-refractivity contribution in [1.82, 2.24) is 5.32 Å². The first-order valence-corrected chi connectivity index (χ1v) is 12.4. The number of benzene rings is 1. The molecule has 2 fully saturated rings. The van der Waals surface area contributed by atoms with Gasteiger partial charge in [-0.05, 0) is 50.5 Å². The van der Waals surface area contributed by atoms with Gasteiger partial charge in [-0.1, -0.05) is 12.2 Å². The van der Waals surface area contributed by atoms with Crippen LogP contribution in [0.1, 0.15) is 26.2 Å². The Kier molecular flexibility index (Phi) is 7.49. The van der Waals surface area contributed by atoms with E-state index in [9.17, 15) is 14.4 Å². The molecule has 0 spiro atoms. The van der Waals surface area contributed by atoms with Gasteiger partial charge in [-0.2, -0.15) is 0 Å². The van der Waals surface area contributed by atoms with E-state index in [0.29, 0.717) is 29.2 Å². The maximum atomic E-state index is 12.6. The molecule has 10 heteroatoms. The second-order valence-corrected chi connectivity index (χ2v) is 10.1. The van der Waals surface area contributed by atoms with Gasteiger partial charge in [0, 0.05) is 18.8 Å². The zero-order chi connectivity index (χ0) is 23.4. The molecule has 0 aliphatic carbocycles. The summed E-state index contributed by atoms with van der Waals surface area (Å²) >= 11 is 7.35. The molecule has 3 aliphatic heterocycles. The second kappa shape index (κ2) is 10.5. The fourth-order valence-electron chi connectivity index (χ4n) is 4.06. The molecule has 2 unspecified atom stereocenters. The summed E-state index contributed by atoms with van der Waals surface area (Å²) in [6.07, 6.45) is 6.88. The summed E-state index contributed by atoms with van der Waals surface area (Å²) in [5.74, 6) is -0.431. The number of halogens is 1. The summed E-state index contributed by atoms with van der Waals surface area (Å²) in [5.41, 5.74) is 2.22. The molecule has 8 nitrogen and oxygen atoms in total. The molecule has 0 aromatic heterocycles. The molecule has 176 valence electrons. The molecular weight excluding hydrogens is 464 g/mol. The number of nitrogens with one attached hydrogen (secondary N) is 2. The molecule has 3 aliphatic rings. The van der Waals surface area contributed by atoms with Crippen LogP contribution in [-0.2, 0) is 14.3 Å².